The molecule has 4 aromatic rings. The second-order valence-electron chi connectivity index (χ2n) is 7.25. The smallest absolute Gasteiger partial charge is 0.269 e. The number of hydrogen-bond acceptors (Lipinski definition) is 7. The summed E-state index contributed by atoms with van der Waals surface area (Å²) in [6, 6.07) is 9.04. The first kappa shape index (κ1) is 20.5. The van der Waals surface area contributed by atoms with E-state index in [0.29, 0.717) is 30.2 Å². The number of aromatic nitrogens is 5. The molecule has 0 aliphatic carbocycles. The SMILES string of the molecule is CCc1c(C)nc2cc(-c3cc(C)on3)nn2c1NCCCNC(=O)c1ccccn1. The van der Waals surface area contributed by atoms with Crippen LogP contribution in [-0.2, 0) is 6.42 Å². The lowest BCUT2D eigenvalue weighted by atomic mass is 10.1. The highest BCUT2D eigenvalue weighted by Crippen LogP contribution is 2.25. The molecule has 0 aromatic carbocycles. The van der Waals surface area contributed by atoms with Gasteiger partial charge in [-0.1, -0.05) is 18.1 Å². The number of carbonyl (C=O) groups excluding carboxylic acids is 1. The minimum absolute atomic E-state index is 0.170. The first-order valence-corrected chi connectivity index (χ1v) is 10.3. The third kappa shape index (κ3) is 4.40. The topological polar surface area (TPSA) is 110 Å². The van der Waals surface area contributed by atoms with Crippen LogP contribution in [0.1, 0.15) is 40.9 Å². The van der Waals surface area contributed by atoms with E-state index in [1.165, 1.54) is 0 Å². The molecule has 0 saturated heterocycles. The summed E-state index contributed by atoms with van der Waals surface area (Å²) in [5.41, 5.74) is 4.63. The van der Waals surface area contributed by atoms with Crippen molar-refractivity contribution in [2.45, 2.75) is 33.6 Å². The van der Waals surface area contributed by atoms with Crippen LogP contribution in [-0.4, -0.2) is 43.7 Å². The first-order valence-electron chi connectivity index (χ1n) is 10.3. The minimum Gasteiger partial charge on any atom is -0.370 e. The Kier molecular flexibility index (Phi) is 5.92. The molecule has 0 atom stereocenters. The van der Waals surface area contributed by atoms with E-state index in [1.54, 1.807) is 24.4 Å². The van der Waals surface area contributed by atoms with Crippen molar-refractivity contribution < 1.29 is 9.32 Å². The van der Waals surface area contributed by atoms with Crippen molar-refractivity contribution in [2.24, 2.45) is 0 Å². The van der Waals surface area contributed by atoms with Crippen LogP contribution in [0.25, 0.3) is 17.0 Å². The summed E-state index contributed by atoms with van der Waals surface area (Å²) < 4.78 is 7.00. The van der Waals surface area contributed by atoms with Crippen LogP contribution in [0.3, 0.4) is 0 Å². The highest BCUT2D eigenvalue weighted by atomic mass is 16.5. The summed E-state index contributed by atoms with van der Waals surface area (Å²) in [6.45, 7) is 7.17. The molecule has 0 spiro atoms. The highest BCUT2D eigenvalue weighted by Gasteiger charge is 2.16. The summed E-state index contributed by atoms with van der Waals surface area (Å²) in [7, 11) is 0. The standard InChI is InChI=1S/C22H25N7O2/c1-4-16-15(3)26-20-13-18(19-12-14(2)31-28-19)27-29(20)21(16)24-10-7-11-25-22(30)17-8-5-6-9-23-17/h5-6,8-9,12-13,24H,4,7,10-11H2,1-3H3,(H,25,30). The van der Waals surface area contributed by atoms with Gasteiger partial charge in [0.25, 0.3) is 5.91 Å². The van der Waals surface area contributed by atoms with Gasteiger partial charge in [-0.2, -0.15) is 9.61 Å². The van der Waals surface area contributed by atoms with Crippen molar-refractivity contribution in [1.82, 2.24) is 30.1 Å². The van der Waals surface area contributed by atoms with Crippen molar-refractivity contribution in [3.8, 4) is 11.4 Å². The van der Waals surface area contributed by atoms with Crippen LogP contribution >= 0.6 is 0 Å². The summed E-state index contributed by atoms with van der Waals surface area (Å²) in [4.78, 5) is 20.9. The number of aryl methyl sites for hydroxylation is 2. The molecule has 0 radical (unpaired) electrons. The molecule has 1 amide bonds. The maximum absolute atomic E-state index is 12.1. The number of rotatable bonds is 8. The fourth-order valence-electron chi connectivity index (χ4n) is 3.46. The second kappa shape index (κ2) is 8.95. The number of fused-ring (bicyclic) bond motifs is 1. The first-order chi connectivity index (χ1) is 15.1. The summed E-state index contributed by atoms with van der Waals surface area (Å²) >= 11 is 0. The lowest BCUT2D eigenvalue weighted by molar-refractivity contribution is 0.0948. The van der Waals surface area contributed by atoms with Gasteiger partial charge in [-0.3, -0.25) is 9.78 Å². The maximum atomic E-state index is 12.1. The Morgan fingerprint density at radius 3 is 2.74 bits per heavy atom. The van der Waals surface area contributed by atoms with Gasteiger partial charge in [0.05, 0.1) is 0 Å². The molecule has 4 rings (SSSR count). The average molecular weight is 419 g/mol. The molecule has 0 fully saturated rings. The molecular formula is C22H25N7O2. The predicted molar refractivity (Wildman–Crippen MR) is 117 cm³/mol. The zero-order valence-corrected chi connectivity index (χ0v) is 17.8. The third-order valence-corrected chi connectivity index (χ3v) is 4.98. The number of pyridine rings is 1. The molecule has 4 aromatic heterocycles. The zero-order valence-electron chi connectivity index (χ0n) is 17.8. The average Bonchev–Trinajstić information content (AvgIpc) is 3.39. The largest absolute Gasteiger partial charge is 0.370 e. The van der Waals surface area contributed by atoms with Gasteiger partial charge in [0, 0.05) is 42.7 Å². The van der Waals surface area contributed by atoms with Gasteiger partial charge in [-0.15, -0.1) is 0 Å². The van der Waals surface area contributed by atoms with E-state index in [4.69, 9.17) is 14.6 Å². The van der Waals surface area contributed by atoms with E-state index >= 15 is 0 Å². The zero-order chi connectivity index (χ0) is 21.8. The molecule has 0 unspecified atom stereocenters. The number of carbonyl (C=O) groups is 1. The van der Waals surface area contributed by atoms with E-state index in [9.17, 15) is 4.79 Å². The molecule has 4 heterocycles. The van der Waals surface area contributed by atoms with Gasteiger partial charge in [0.15, 0.2) is 5.65 Å². The minimum atomic E-state index is -0.170. The fraction of sp³-hybridized carbons (Fsp3) is 0.318. The number of nitrogens with zero attached hydrogens (tertiary/aromatic N) is 5. The van der Waals surface area contributed by atoms with Gasteiger partial charge >= 0.3 is 0 Å². The maximum Gasteiger partial charge on any atom is 0.269 e. The Morgan fingerprint density at radius 2 is 2.03 bits per heavy atom. The van der Waals surface area contributed by atoms with Crippen molar-refractivity contribution in [3.63, 3.8) is 0 Å². The second-order valence-corrected chi connectivity index (χ2v) is 7.25. The lowest BCUT2D eigenvalue weighted by Gasteiger charge is -2.14. The summed E-state index contributed by atoms with van der Waals surface area (Å²) in [5.74, 6) is 1.47. The van der Waals surface area contributed by atoms with Crippen molar-refractivity contribution in [2.75, 3.05) is 18.4 Å². The fourth-order valence-corrected chi connectivity index (χ4v) is 3.46. The van der Waals surface area contributed by atoms with E-state index in [-0.39, 0.29) is 5.91 Å². The van der Waals surface area contributed by atoms with Crippen molar-refractivity contribution >= 4 is 17.4 Å². The molecule has 9 nitrogen and oxygen atoms in total. The van der Waals surface area contributed by atoms with Crippen LogP contribution in [0, 0.1) is 13.8 Å². The van der Waals surface area contributed by atoms with E-state index < -0.39 is 0 Å². The van der Waals surface area contributed by atoms with Gasteiger partial charge in [0.1, 0.15) is 28.7 Å². The molecule has 0 saturated carbocycles. The highest BCUT2D eigenvalue weighted by molar-refractivity contribution is 5.92. The Labute approximate surface area is 179 Å². The number of amides is 1. The molecule has 0 aliphatic rings. The van der Waals surface area contributed by atoms with Gasteiger partial charge in [0.2, 0.25) is 0 Å². The molecular weight excluding hydrogens is 394 g/mol. The molecule has 0 aliphatic heterocycles. The van der Waals surface area contributed by atoms with Gasteiger partial charge < -0.3 is 15.2 Å². The normalized spacial score (nSPS) is 11.1. The Morgan fingerprint density at radius 1 is 1.16 bits per heavy atom. The Bertz CT molecular complexity index is 1200. The number of anilines is 1. The van der Waals surface area contributed by atoms with Crippen LogP contribution in [0.2, 0.25) is 0 Å². The van der Waals surface area contributed by atoms with E-state index in [2.05, 4.69) is 27.7 Å². The van der Waals surface area contributed by atoms with Crippen LogP contribution in [0.15, 0.2) is 41.1 Å². The quantitative estimate of drug-likeness (QED) is 0.422. The van der Waals surface area contributed by atoms with Crippen molar-refractivity contribution in [1.29, 1.82) is 0 Å². The molecule has 31 heavy (non-hydrogen) atoms. The molecule has 160 valence electrons. The van der Waals surface area contributed by atoms with E-state index in [1.807, 2.05) is 30.5 Å². The van der Waals surface area contributed by atoms with Crippen LogP contribution in [0.4, 0.5) is 5.82 Å². The third-order valence-electron chi connectivity index (χ3n) is 4.98. The number of hydrogen-bond donors (Lipinski definition) is 2. The Balaban J connectivity index is 1.47. The molecule has 2 N–H and O–H groups in total. The van der Waals surface area contributed by atoms with Crippen molar-refractivity contribution in [3.05, 3.63) is 59.2 Å². The summed E-state index contributed by atoms with van der Waals surface area (Å²) in [6.07, 6.45) is 3.19. The number of nitrogens with one attached hydrogen (secondary N) is 2. The van der Waals surface area contributed by atoms with Crippen LogP contribution < -0.4 is 10.6 Å². The molecule has 9 heteroatoms. The molecule has 0 bridgehead atoms. The Hall–Kier alpha value is -3.75. The predicted octanol–water partition coefficient (Wildman–Crippen LogP) is 3.19. The lowest BCUT2D eigenvalue weighted by Crippen LogP contribution is -2.26. The monoisotopic (exact) mass is 419 g/mol. The van der Waals surface area contributed by atoms with E-state index in [0.717, 1.165) is 41.3 Å². The van der Waals surface area contributed by atoms with Crippen LogP contribution in [0.5, 0.6) is 0 Å². The van der Waals surface area contributed by atoms with Gasteiger partial charge in [-0.25, -0.2) is 4.98 Å². The van der Waals surface area contributed by atoms with Gasteiger partial charge in [-0.05, 0) is 38.8 Å². The summed E-state index contributed by atoms with van der Waals surface area (Å²) in [5, 5.41) is 15.1.